The second-order valence-corrected chi connectivity index (χ2v) is 7.34. The van der Waals surface area contributed by atoms with Crippen LogP contribution in [0, 0.1) is 0 Å². The van der Waals surface area contributed by atoms with Crippen molar-refractivity contribution in [3.63, 3.8) is 0 Å². The number of aromatic nitrogens is 3. The summed E-state index contributed by atoms with van der Waals surface area (Å²) in [4.78, 5) is 18.0. The van der Waals surface area contributed by atoms with Gasteiger partial charge in [-0.2, -0.15) is 20.1 Å². The zero-order valence-electron chi connectivity index (χ0n) is 18.8. The number of hydrazone groups is 1. The Morgan fingerprint density at radius 2 is 1.64 bits per heavy atom. The van der Waals surface area contributed by atoms with Crippen LogP contribution in [-0.4, -0.2) is 87.5 Å². The van der Waals surface area contributed by atoms with Crippen molar-refractivity contribution in [1.82, 2.24) is 15.0 Å². The van der Waals surface area contributed by atoms with Crippen molar-refractivity contribution in [2.45, 2.75) is 0 Å². The zero-order valence-corrected chi connectivity index (χ0v) is 18.8. The van der Waals surface area contributed by atoms with Crippen LogP contribution in [-0.2, 0) is 9.47 Å². The highest BCUT2D eigenvalue weighted by Crippen LogP contribution is 2.27. The standard InChI is InChI=1S/C22H29N7O4/c1-3-10-33-18-5-4-17(15-19(18)30-2)16-23-27-20-24-21(28-6-11-31-12-7-28)26-22(25-20)29-8-13-32-14-9-29/h3-5,15-16H,1,6-14H2,2H3,(H,24,25,26,27)/b23-16-. The van der Waals surface area contributed by atoms with Gasteiger partial charge in [0.15, 0.2) is 11.5 Å². The number of morpholine rings is 2. The molecule has 0 spiro atoms. The van der Waals surface area contributed by atoms with Crippen molar-refractivity contribution in [3.05, 3.63) is 36.4 Å². The Morgan fingerprint density at radius 3 is 2.21 bits per heavy atom. The van der Waals surface area contributed by atoms with Crippen LogP contribution in [0.3, 0.4) is 0 Å². The summed E-state index contributed by atoms with van der Waals surface area (Å²) in [5, 5.41) is 4.32. The molecule has 0 aliphatic carbocycles. The first-order valence-corrected chi connectivity index (χ1v) is 10.9. The minimum atomic E-state index is 0.377. The summed E-state index contributed by atoms with van der Waals surface area (Å²) in [5.41, 5.74) is 3.78. The minimum Gasteiger partial charge on any atom is -0.493 e. The fourth-order valence-corrected chi connectivity index (χ4v) is 3.41. The van der Waals surface area contributed by atoms with Crippen molar-refractivity contribution < 1.29 is 18.9 Å². The highest BCUT2D eigenvalue weighted by Gasteiger charge is 2.20. The maximum atomic E-state index is 5.59. The quantitative estimate of drug-likeness (QED) is 0.340. The molecule has 2 aliphatic rings. The lowest BCUT2D eigenvalue weighted by molar-refractivity contribution is 0.121. The summed E-state index contributed by atoms with van der Waals surface area (Å²) in [6.45, 7) is 9.58. The summed E-state index contributed by atoms with van der Waals surface area (Å²) in [6, 6.07) is 5.56. The van der Waals surface area contributed by atoms with Crippen LogP contribution in [0.5, 0.6) is 11.5 Å². The maximum Gasteiger partial charge on any atom is 0.250 e. The molecule has 1 aromatic heterocycles. The lowest BCUT2D eigenvalue weighted by Crippen LogP contribution is -2.40. The molecule has 11 nitrogen and oxygen atoms in total. The molecule has 1 aromatic carbocycles. The monoisotopic (exact) mass is 455 g/mol. The molecule has 1 N–H and O–H groups in total. The van der Waals surface area contributed by atoms with E-state index in [1.54, 1.807) is 19.4 Å². The van der Waals surface area contributed by atoms with E-state index in [2.05, 4.69) is 36.9 Å². The molecule has 33 heavy (non-hydrogen) atoms. The van der Waals surface area contributed by atoms with Crippen molar-refractivity contribution in [2.24, 2.45) is 5.10 Å². The summed E-state index contributed by atoms with van der Waals surface area (Å²) in [5.74, 6) is 2.85. The molecular formula is C22H29N7O4. The number of nitrogens with zero attached hydrogens (tertiary/aromatic N) is 6. The van der Waals surface area contributed by atoms with E-state index in [0.717, 1.165) is 31.7 Å². The third-order valence-electron chi connectivity index (χ3n) is 5.12. The lowest BCUT2D eigenvalue weighted by atomic mass is 10.2. The number of benzene rings is 1. The SMILES string of the molecule is C=CCOc1ccc(/C=N\Nc2nc(N3CCOCC3)nc(N3CCOCC3)n2)cc1OC. The average Bonchev–Trinajstić information content (AvgIpc) is 2.88. The van der Waals surface area contributed by atoms with E-state index < -0.39 is 0 Å². The molecule has 0 atom stereocenters. The van der Waals surface area contributed by atoms with Gasteiger partial charge < -0.3 is 28.7 Å². The first kappa shape index (κ1) is 22.7. The Kier molecular flexibility index (Phi) is 7.88. The van der Waals surface area contributed by atoms with Gasteiger partial charge in [-0.05, 0) is 23.8 Å². The van der Waals surface area contributed by atoms with Crippen molar-refractivity contribution >= 4 is 24.1 Å². The third kappa shape index (κ3) is 6.08. The number of rotatable bonds is 9. The predicted molar refractivity (Wildman–Crippen MR) is 126 cm³/mol. The van der Waals surface area contributed by atoms with Crippen LogP contribution >= 0.6 is 0 Å². The van der Waals surface area contributed by atoms with Crippen molar-refractivity contribution in [2.75, 3.05) is 81.5 Å². The van der Waals surface area contributed by atoms with E-state index in [4.69, 9.17) is 23.9 Å². The van der Waals surface area contributed by atoms with Gasteiger partial charge in [0.25, 0.3) is 0 Å². The van der Waals surface area contributed by atoms with Gasteiger partial charge in [-0.25, -0.2) is 5.43 Å². The fraction of sp³-hybridized carbons (Fsp3) is 0.455. The largest absolute Gasteiger partial charge is 0.493 e. The third-order valence-corrected chi connectivity index (χ3v) is 5.12. The Balaban J connectivity index is 1.51. The van der Waals surface area contributed by atoms with Crippen LogP contribution < -0.4 is 24.7 Å². The summed E-state index contributed by atoms with van der Waals surface area (Å²) in [6.07, 6.45) is 3.36. The summed E-state index contributed by atoms with van der Waals surface area (Å²) >= 11 is 0. The van der Waals surface area contributed by atoms with Crippen LogP contribution in [0.4, 0.5) is 17.8 Å². The predicted octanol–water partition coefficient (Wildman–Crippen LogP) is 1.56. The lowest BCUT2D eigenvalue weighted by Gasteiger charge is -2.30. The molecule has 0 unspecified atom stereocenters. The van der Waals surface area contributed by atoms with Gasteiger partial charge in [0.2, 0.25) is 17.8 Å². The number of ether oxygens (including phenoxy) is 4. The second-order valence-electron chi connectivity index (χ2n) is 7.34. The Bertz CT molecular complexity index is 924. The molecule has 2 aromatic rings. The fourth-order valence-electron chi connectivity index (χ4n) is 3.41. The van der Waals surface area contributed by atoms with Gasteiger partial charge in [0.1, 0.15) is 6.61 Å². The zero-order chi connectivity index (χ0) is 22.9. The normalized spacial score (nSPS) is 16.6. The minimum absolute atomic E-state index is 0.377. The molecule has 0 saturated carbocycles. The maximum absolute atomic E-state index is 5.59. The van der Waals surface area contributed by atoms with E-state index in [-0.39, 0.29) is 0 Å². The molecule has 176 valence electrons. The molecule has 0 bridgehead atoms. The Morgan fingerprint density at radius 1 is 1.00 bits per heavy atom. The van der Waals surface area contributed by atoms with E-state index in [1.165, 1.54) is 0 Å². The highest BCUT2D eigenvalue weighted by molar-refractivity contribution is 5.81. The molecule has 11 heteroatoms. The highest BCUT2D eigenvalue weighted by atomic mass is 16.5. The topological polar surface area (TPSA) is 106 Å². The van der Waals surface area contributed by atoms with Gasteiger partial charge in [0.05, 0.1) is 39.8 Å². The Labute approximate surface area is 193 Å². The van der Waals surface area contributed by atoms with Crippen LogP contribution in [0.1, 0.15) is 5.56 Å². The molecule has 2 saturated heterocycles. The second kappa shape index (κ2) is 11.4. The van der Waals surface area contributed by atoms with Gasteiger partial charge >= 0.3 is 0 Å². The first-order chi connectivity index (χ1) is 16.3. The van der Waals surface area contributed by atoms with Crippen LogP contribution in [0.15, 0.2) is 36.0 Å². The molecule has 3 heterocycles. The van der Waals surface area contributed by atoms with Gasteiger partial charge in [0, 0.05) is 26.2 Å². The molecular weight excluding hydrogens is 426 g/mol. The van der Waals surface area contributed by atoms with Crippen LogP contribution in [0.25, 0.3) is 0 Å². The molecule has 0 amide bonds. The Hall–Kier alpha value is -3.44. The van der Waals surface area contributed by atoms with Crippen molar-refractivity contribution in [1.29, 1.82) is 0 Å². The van der Waals surface area contributed by atoms with Gasteiger partial charge in [-0.1, -0.05) is 12.7 Å². The van der Waals surface area contributed by atoms with Gasteiger partial charge in [-0.3, -0.25) is 0 Å². The molecule has 4 rings (SSSR count). The average molecular weight is 456 g/mol. The van der Waals surface area contributed by atoms with E-state index in [0.29, 0.717) is 62.4 Å². The van der Waals surface area contributed by atoms with Crippen LogP contribution in [0.2, 0.25) is 0 Å². The number of anilines is 3. The number of methoxy groups -OCH3 is 1. The number of hydrogen-bond donors (Lipinski definition) is 1. The van der Waals surface area contributed by atoms with Gasteiger partial charge in [-0.15, -0.1) is 0 Å². The molecule has 2 fully saturated rings. The summed E-state index contributed by atoms with van der Waals surface area (Å²) < 4.78 is 21.9. The number of hydrogen-bond acceptors (Lipinski definition) is 11. The van der Waals surface area contributed by atoms with Crippen molar-refractivity contribution in [3.8, 4) is 11.5 Å². The number of nitrogens with one attached hydrogen (secondary N) is 1. The molecule has 0 radical (unpaired) electrons. The first-order valence-electron chi connectivity index (χ1n) is 10.9. The summed E-state index contributed by atoms with van der Waals surface area (Å²) in [7, 11) is 1.60. The van der Waals surface area contributed by atoms with E-state index >= 15 is 0 Å². The molecule has 2 aliphatic heterocycles. The smallest absolute Gasteiger partial charge is 0.250 e. The van der Waals surface area contributed by atoms with E-state index in [1.807, 2.05) is 18.2 Å². The van der Waals surface area contributed by atoms with E-state index in [9.17, 15) is 0 Å².